The van der Waals surface area contributed by atoms with Crippen LogP contribution >= 0.6 is 0 Å². The fourth-order valence-corrected chi connectivity index (χ4v) is 3.52. The van der Waals surface area contributed by atoms with Gasteiger partial charge in [-0.1, -0.05) is 11.3 Å². The summed E-state index contributed by atoms with van der Waals surface area (Å²) >= 11 is 0. The lowest BCUT2D eigenvalue weighted by Gasteiger charge is -2.30. The zero-order valence-electron chi connectivity index (χ0n) is 15.2. The van der Waals surface area contributed by atoms with Gasteiger partial charge in [-0.15, -0.1) is 5.10 Å². The predicted octanol–water partition coefficient (Wildman–Crippen LogP) is 2.92. The van der Waals surface area contributed by atoms with E-state index in [9.17, 15) is 18.0 Å². The molecule has 7 nitrogen and oxygen atoms in total. The highest BCUT2D eigenvalue weighted by Gasteiger charge is 2.37. The van der Waals surface area contributed by atoms with E-state index < -0.39 is 17.6 Å². The molecular weight excluding hydrogens is 373 g/mol. The van der Waals surface area contributed by atoms with E-state index in [1.165, 1.54) is 15.6 Å². The van der Waals surface area contributed by atoms with Gasteiger partial charge in [-0.25, -0.2) is 4.68 Å². The van der Waals surface area contributed by atoms with E-state index in [1.807, 2.05) is 0 Å². The van der Waals surface area contributed by atoms with Gasteiger partial charge >= 0.3 is 6.18 Å². The minimum Gasteiger partial charge on any atom is -0.307 e. The minimum atomic E-state index is -4.46. The average molecular weight is 390 g/mol. The maximum atomic E-state index is 13.3. The van der Waals surface area contributed by atoms with E-state index in [1.54, 1.807) is 37.1 Å². The van der Waals surface area contributed by atoms with Crippen molar-refractivity contribution in [3.8, 4) is 5.69 Å². The Morgan fingerprint density at radius 2 is 2.04 bits per heavy atom. The Bertz CT molecular complexity index is 1050. The van der Waals surface area contributed by atoms with Gasteiger partial charge < -0.3 is 4.90 Å². The summed E-state index contributed by atoms with van der Waals surface area (Å²) in [5.74, 6) is -0.465. The minimum absolute atomic E-state index is 0.106. The fourth-order valence-electron chi connectivity index (χ4n) is 3.52. The summed E-state index contributed by atoms with van der Waals surface area (Å²) < 4.78 is 43.1. The number of rotatable bonds is 2. The van der Waals surface area contributed by atoms with E-state index in [0.717, 1.165) is 6.07 Å². The standard InChI is InChI=1S/C18H17F3N6O/c1-11-16(23-24-27(11)12-9-22-25(2)10-12)17(28)26-8-4-5-13-14(18(19,20)21)6-3-7-15(13)26/h3,6-7,9-10H,4-5,8H2,1-2H3. The SMILES string of the molecule is Cc1c(C(=O)N2CCCc3c2cccc3C(F)(F)F)nnn1-c1cnn(C)c1. The number of hydrogen-bond acceptors (Lipinski definition) is 4. The number of halogens is 3. The number of anilines is 1. The van der Waals surface area contributed by atoms with Gasteiger partial charge in [-0.05, 0) is 37.5 Å². The molecule has 1 aliphatic rings. The molecule has 4 rings (SSSR count). The smallest absolute Gasteiger partial charge is 0.307 e. The average Bonchev–Trinajstić information content (AvgIpc) is 3.24. The number of fused-ring (bicyclic) bond motifs is 1. The van der Waals surface area contributed by atoms with E-state index in [0.29, 0.717) is 24.3 Å². The van der Waals surface area contributed by atoms with Gasteiger partial charge in [0.25, 0.3) is 5.91 Å². The number of hydrogen-bond donors (Lipinski definition) is 0. The molecule has 1 amide bonds. The predicted molar refractivity (Wildman–Crippen MR) is 94.3 cm³/mol. The summed E-state index contributed by atoms with van der Waals surface area (Å²) in [5, 5.41) is 12.1. The summed E-state index contributed by atoms with van der Waals surface area (Å²) in [5.41, 5.74) is 0.975. The molecule has 0 radical (unpaired) electrons. The quantitative estimate of drug-likeness (QED) is 0.675. The Labute approximate surface area is 158 Å². The van der Waals surface area contributed by atoms with Crippen LogP contribution in [0.5, 0.6) is 0 Å². The summed E-state index contributed by atoms with van der Waals surface area (Å²) in [4.78, 5) is 14.5. The first-order valence-electron chi connectivity index (χ1n) is 8.69. The third-order valence-electron chi connectivity index (χ3n) is 4.83. The lowest BCUT2D eigenvalue weighted by Crippen LogP contribution is -2.37. The second-order valence-electron chi connectivity index (χ2n) is 6.67. The third kappa shape index (κ3) is 2.94. The van der Waals surface area contributed by atoms with Crippen molar-refractivity contribution >= 4 is 11.6 Å². The van der Waals surface area contributed by atoms with Crippen molar-refractivity contribution in [2.75, 3.05) is 11.4 Å². The number of benzene rings is 1. The first-order valence-corrected chi connectivity index (χ1v) is 8.69. The van der Waals surface area contributed by atoms with Crippen LogP contribution in [0.25, 0.3) is 5.69 Å². The molecule has 0 atom stereocenters. The van der Waals surface area contributed by atoms with Crippen LogP contribution in [0.3, 0.4) is 0 Å². The number of carbonyl (C=O) groups is 1. The zero-order chi connectivity index (χ0) is 20.1. The van der Waals surface area contributed by atoms with Crippen LogP contribution in [0.1, 0.15) is 33.7 Å². The van der Waals surface area contributed by atoms with E-state index in [4.69, 9.17) is 0 Å². The van der Waals surface area contributed by atoms with Crippen molar-refractivity contribution in [1.82, 2.24) is 24.8 Å². The molecule has 0 unspecified atom stereocenters. The molecule has 1 aromatic carbocycles. The van der Waals surface area contributed by atoms with Gasteiger partial charge in [0.2, 0.25) is 0 Å². The topological polar surface area (TPSA) is 68.8 Å². The number of carbonyl (C=O) groups excluding carboxylic acids is 1. The van der Waals surface area contributed by atoms with E-state index in [-0.39, 0.29) is 23.4 Å². The number of amides is 1. The molecule has 146 valence electrons. The summed E-state index contributed by atoms with van der Waals surface area (Å²) in [7, 11) is 1.75. The van der Waals surface area contributed by atoms with Crippen LogP contribution in [-0.4, -0.2) is 37.2 Å². The molecule has 3 heterocycles. The molecular formula is C18H17F3N6O. The van der Waals surface area contributed by atoms with Crippen molar-refractivity contribution in [1.29, 1.82) is 0 Å². The fraction of sp³-hybridized carbons (Fsp3) is 0.333. The third-order valence-corrected chi connectivity index (χ3v) is 4.83. The van der Waals surface area contributed by atoms with Crippen LogP contribution in [0.4, 0.5) is 18.9 Å². The summed E-state index contributed by atoms with van der Waals surface area (Å²) in [6.07, 6.45) is -0.433. The molecule has 28 heavy (non-hydrogen) atoms. The number of nitrogens with zero attached hydrogens (tertiary/aromatic N) is 6. The molecule has 0 bridgehead atoms. The monoisotopic (exact) mass is 390 g/mol. The maximum Gasteiger partial charge on any atom is 0.416 e. The van der Waals surface area contributed by atoms with Crippen LogP contribution in [0.2, 0.25) is 0 Å². The van der Waals surface area contributed by atoms with Crippen LogP contribution in [-0.2, 0) is 19.6 Å². The zero-order valence-corrected chi connectivity index (χ0v) is 15.2. The Hall–Kier alpha value is -3.17. The molecule has 0 fully saturated rings. The molecule has 0 N–H and O–H groups in total. The molecule has 0 aliphatic carbocycles. The Balaban J connectivity index is 1.73. The van der Waals surface area contributed by atoms with Crippen molar-refractivity contribution in [2.24, 2.45) is 7.05 Å². The van der Waals surface area contributed by atoms with Gasteiger partial charge in [0.05, 0.1) is 23.7 Å². The van der Waals surface area contributed by atoms with Crippen molar-refractivity contribution in [3.63, 3.8) is 0 Å². The van der Waals surface area contributed by atoms with Gasteiger partial charge in [-0.2, -0.15) is 18.3 Å². The number of aryl methyl sites for hydroxylation is 1. The lowest BCUT2D eigenvalue weighted by atomic mass is 9.95. The second-order valence-corrected chi connectivity index (χ2v) is 6.67. The highest BCUT2D eigenvalue weighted by Crippen LogP contribution is 2.39. The molecule has 2 aromatic heterocycles. The van der Waals surface area contributed by atoms with Crippen molar-refractivity contribution in [2.45, 2.75) is 25.9 Å². The van der Waals surface area contributed by atoms with Crippen LogP contribution in [0.15, 0.2) is 30.6 Å². The Morgan fingerprint density at radius 1 is 1.25 bits per heavy atom. The number of aromatic nitrogens is 5. The van der Waals surface area contributed by atoms with Gasteiger partial charge in [0.1, 0.15) is 5.69 Å². The molecule has 0 spiro atoms. The first-order chi connectivity index (χ1) is 13.3. The summed E-state index contributed by atoms with van der Waals surface area (Å²) in [6.45, 7) is 2.02. The van der Waals surface area contributed by atoms with E-state index in [2.05, 4.69) is 15.4 Å². The Morgan fingerprint density at radius 3 is 2.71 bits per heavy atom. The van der Waals surface area contributed by atoms with Crippen LogP contribution in [0, 0.1) is 6.92 Å². The van der Waals surface area contributed by atoms with Gasteiger partial charge in [0.15, 0.2) is 5.69 Å². The lowest BCUT2D eigenvalue weighted by molar-refractivity contribution is -0.138. The first kappa shape index (κ1) is 18.2. The molecule has 3 aromatic rings. The van der Waals surface area contributed by atoms with Gasteiger partial charge in [-0.3, -0.25) is 9.48 Å². The number of alkyl halides is 3. The van der Waals surface area contributed by atoms with Crippen LogP contribution < -0.4 is 4.90 Å². The van der Waals surface area contributed by atoms with Crippen molar-refractivity contribution in [3.05, 3.63) is 53.1 Å². The van der Waals surface area contributed by atoms with E-state index >= 15 is 0 Å². The highest BCUT2D eigenvalue weighted by molar-refractivity contribution is 6.06. The molecule has 10 heteroatoms. The molecule has 0 saturated heterocycles. The normalized spacial score (nSPS) is 14.2. The second kappa shape index (κ2) is 6.47. The summed E-state index contributed by atoms with van der Waals surface area (Å²) in [6, 6.07) is 3.92. The van der Waals surface area contributed by atoms with Crippen molar-refractivity contribution < 1.29 is 18.0 Å². The van der Waals surface area contributed by atoms with Gasteiger partial charge in [0, 0.05) is 19.3 Å². The highest BCUT2D eigenvalue weighted by atomic mass is 19.4. The Kier molecular flexibility index (Phi) is 4.20. The molecule has 0 saturated carbocycles. The largest absolute Gasteiger partial charge is 0.416 e. The molecule has 1 aliphatic heterocycles. The maximum absolute atomic E-state index is 13.3.